The Morgan fingerprint density at radius 2 is 1.95 bits per heavy atom. The fraction of sp³-hybridized carbons (Fsp3) is 0.722. The zero-order valence-electron chi connectivity index (χ0n) is 14.4. The van der Waals surface area contributed by atoms with Gasteiger partial charge in [0.2, 0.25) is 0 Å². The Morgan fingerprint density at radius 3 is 2.57 bits per heavy atom. The van der Waals surface area contributed by atoms with Crippen LogP contribution in [-0.4, -0.2) is 24.6 Å². The number of aryl methyl sites for hydroxylation is 2. The van der Waals surface area contributed by atoms with Crippen molar-refractivity contribution in [3.63, 3.8) is 0 Å². The van der Waals surface area contributed by atoms with Crippen LogP contribution >= 0.6 is 0 Å². The minimum Gasteiger partial charge on any atom is -0.356 e. The first kappa shape index (κ1) is 16.3. The van der Waals surface area contributed by atoms with Crippen LogP contribution in [0, 0.1) is 19.8 Å². The summed E-state index contributed by atoms with van der Waals surface area (Å²) in [4.78, 5) is 7.29. The smallest absolute Gasteiger partial charge is 0.133 e. The minimum atomic E-state index is 0.669. The molecule has 0 unspecified atom stereocenters. The number of hydrogen-bond donors (Lipinski definition) is 1. The van der Waals surface area contributed by atoms with Crippen molar-refractivity contribution in [2.75, 3.05) is 18.5 Å². The highest BCUT2D eigenvalue weighted by molar-refractivity contribution is 5.52. The summed E-state index contributed by atoms with van der Waals surface area (Å²) in [5.41, 5.74) is 3.86. The van der Waals surface area contributed by atoms with Crippen molar-refractivity contribution in [3.8, 4) is 0 Å². The van der Waals surface area contributed by atoms with E-state index in [9.17, 15) is 0 Å². The second-order valence-corrected chi connectivity index (χ2v) is 6.96. The summed E-state index contributed by atoms with van der Waals surface area (Å²) in [7, 11) is 2.23. The van der Waals surface area contributed by atoms with Gasteiger partial charge < -0.3 is 10.2 Å². The predicted octanol–water partition coefficient (Wildman–Crippen LogP) is 3.82. The SMILES string of the molecule is Cc1cc(C)c(CNCC(C)C)c(N(C)C2CCCC2)n1. The van der Waals surface area contributed by atoms with E-state index < -0.39 is 0 Å². The van der Waals surface area contributed by atoms with Gasteiger partial charge in [-0.25, -0.2) is 4.98 Å². The van der Waals surface area contributed by atoms with E-state index in [-0.39, 0.29) is 0 Å². The Hall–Kier alpha value is -1.09. The van der Waals surface area contributed by atoms with E-state index in [0.29, 0.717) is 12.0 Å². The lowest BCUT2D eigenvalue weighted by molar-refractivity contribution is 0.549. The van der Waals surface area contributed by atoms with E-state index in [0.717, 1.165) is 18.8 Å². The molecule has 1 N–H and O–H groups in total. The molecule has 118 valence electrons. The number of rotatable bonds is 6. The van der Waals surface area contributed by atoms with Gasteiger partial charge in [-0.2, -0.15) is 0 Å². The maximum Gasteiger partial charge on any atom is 0.133 e. The van der Waals surface area contributed by atoms with Crippen LogP contribution in [-0.2, 0) is 6.54 Å². The molecule has 3 nitrogen and oxygen atoms in total. The maximum atomic E-state index is 4.86. The summed E-state index contributed by atoms with van der Waals surface area (Å²) in [5, 5.41) is 3.58. The topological polar surface area (TPSA) is 28.2 Å². The molecule has 1 aromatic rings. The summed E-state index contributed by atoms with van der Waals surface area (Å²) in [6.45, 7) is 10.8. The predicted molar refractivity (Wildman–Crippen MR) is 90.9 cm³/mol. The third kappa shape index (κ3) is 4.19. The first-order chi connectivity index (χ1) is 9.99. The number of nitrogens with one attached hydrogen (secondary N) is 1. The first-order valence-electron chi connectivity index (χ1n) is 8.39. The second kappa shape index (κ2) is 7.26. The van der Waals surface area contributed by atoms with Gasteiger partial charge in [-0.1, -0.05) is 26.7 Å². The normalized spacial score (nSPS) is 15.9. The van der Waals surface area contributed by atoms with Crippen LogP contribution < -0.4 is 10.2 Å². The summed E-state index contributed by atoms with van der Waals surface area (Å²) >= 11 is 0. The van der Waals surface area contributed by atoms with E-state index in [4.69, 9.17) is 4.98 Å². The molecule has 0 saturated heterocycles. The molecule has 21 heavy (non-hydrogen) atoms. The lowest BCUT2D eigenvalue weighted by Crippen LogP contribution is -2.32. The molecule has 1 aliphatic carbocycles. The lowest BCUT2D eigenvalue weighted by Gasteiger charge is -2.29. The van der Waals surface area contributed by atoms with Crippen LogP contribution in [0.15, 0.2) is 6.07 Å². The Bertz CT molecular complexity index is 462. The molecule has 1 fully saturated rings. The molecule has 0 bridgehead atoms. The van der Waals surface area contributed by atoms with Crippen LogP contribution in [0.5, 0.6) is 0 Å². The third-order valence-electron chi connectivity index (χ3n) is 4.51. The molecule has 0 aliphatic heterocycles. The van der Waals surface area contributed by atoms with Crippen LogP contribution in [0.25, 0.3) is 0 Å². The van der Waals surface area contributed by atoms with Gasteiger partial charge in [-0.3, -0.25) is 0 Å². The molecule has 1 aromatic heterocycles. The Morgan fingerprint density at radius 1 is 1.29 bits per heavy atom. The Labute approximate surface area is 130 Å². The molecular weight excluding hydrogens is 258 g/mol. The van der Waals surface area contributed by atoms with Crippen molar-refractivity contribution in [1.82, 2.24) is 10.3 Å². The molecule has 1 saturated carbocycles. The third-order valence-corrected chi connectivity index (χ3v) is 4.51. The summed E-state index contributed by atoms with van der Waals surface area (Å²) in [6.07, 6.45) is 5.34. The number of pyridine rings is 1. The highest BCUT2D eigenvalue weighted by Crippen LogP contribution is 2.29. The van der Waals surface area contributed by atoms with E-state index in [1.807, 2.05) is 0 Å². The van der Waals surface area contributed by atoms with E-state index in [1.165, 1.54) is 42.6 Å². The van der Waals surface area contributed by atoms with Crippen molar-refractivity contribution >= 4 is 5.82 Å². The van der Waals surface area contributed by atoms with Crippen molar-refractivity contribution in [2.45, 2.75) is 66.0 Å². The first-order valence-corrected chi connectivity index (χ1v) is 8.39. The quantitative estimate of drug-likeness (QED) is 0.863. The number of hydrogen-bond acceptors (Lipinski definition) is 3. The zero-order valence-corrected chi connectivity index (χ0v) is 14.4. The molecule has 1 aliphatic rings. The minimum absolute atomic E-state index is 0.669. The second-order valence-electron chi connectivity index (χ2n) is 6.96. The number of aromatic nitrogens is 1. The van der Waals surface area contributed by atoms with Crippen LogP contribution in [0.1, 0.15) is 56.4 Å². The van der Waals surface area contributed by atoms with Crippen LogP contribution in [0.2, 0.25) is 0 Å². The van der Waals surface area contributed by atoms with Gasteiger partial charge in [0.15, 0.2) is 0 Å². The molecule has 3 heteroatoms. The molecule has 2 rings (SSSR count). The average molecular weight is 289 g/mol. The molecule has 0 spiro atoms. The van der Waals surface area contributed by atoms with Gasteiger partial charge in [0.05, 0.1) is 0 Å². The van der Waals surface area contributed by atoms with Crippen LogP contribution in [0.3, 0.4) is 0 Å². The van der Waals surface area contributed by atoms with Gasteiger partial charge in [-0.15, -0.1) is 0 Å². The molecule has 0 radical (unpaired) electrons. The molecule has 0 atom stereocenters. The van der Waals surface area contributed by atoms with Crippen LogP contribution in [0.4, 0.5) is 5.82 Å². The van der Waals surface area contributed by atoms with Crippen molar-refractivity contribution in [3.05, 3.63) is 22.9 Å². The average Bonchev–Trinajstić information content (AvgIpc) is 2.93. The number of anilines is 1. The summed E-state index contributed by atoms with van der Waals surface area (Å²) < 4.78 is 0. The van der Waals surface area contributed by atoms with E-state index in [2.05, 4.69) is 51.0 Å². The van der Waals surface area contributed by atoms with E-state index in [1.54, 1.807) is 0 Å². The van der Waals surface area contributed by atoms with Gasteiger partial charge in [0, 0.05) is 30.9 Å². The Balaban J connectivity index is 2.20. The standard InChI is InChI=1S/C18H31N3/c1-13(2)11-19-12-17-14(3)10-15(4)20-18(17)21(5)16-8-6-7-9-16/h10,13,16,19H,6-9,11-12H2,1-5H3. The molecule has 0 aromatic carbocycles. The van der Waals surface area contributed by atoms with Crippen molar-refractivity contribution < 1.29 is 0 Å². The summed E-state index contributed by atoms with van der Waals surface area (Å²) in [5.74, 6) is 1.87. The van der Waals surface area contributed by atoms with Crippen molar-refractivity contribution in [1.29, 1.82) is 0 Å². The Kier molecular flexibility index (Phi) is 5.63. The molecule has 1 heterocycles. The highest BCUT2D eigenvalue weighted by atomic mass is 15.2. The van der Waals surface area contributed by atoms with E-state index >= 15 is 0 Å². The molecule has 0 amide bonds. The van der Waals surface area contributed by atoms with Crippen molar-refractivity contribution in [2.24, 2.45) is 5.92 Å². The van der Waals surface area contributed by atoms with Gasteiger partial charge in [-0.05, 0) is 50.8 Å². The van der Waals surface area contributed by atoms with Gasteiger partial charge in [0.1, 0.15) is 5.82 Å². The fourth-order valence-electron chi connectivity index (χ4n) is 3.30. The van der Waals surface area contributed by atoms with Gasteiger partial charge in [0.25, 0.3) is 0 Å². The maximum absolute atomic E-state index is 4.86. The van der Waals surface area contributed by atoms with Gasteiger partial charge >= 0.3 is 0 Å². The zero-order chi connectivity index (χ0) is 15.4. The largest absolute Gasteiger partial charge is 0.356 e. The highest BCUT2D eigenvalue weighted by Gasteiger charge is 2.23. The lowest BCUT2D eigenvalue weighted by atomic mass is 10.1. The number of nitrogens with zero attached hydrogens (tertiary/aromatic N) is 2. The summed E-state index contributed by atoms with van der Waals surface area (Å²) in [6, 6.07) is 2.88. The fourth-order valence-corrected chi connectivity index (χ4v) is 3.30. The molecular formula is C18H31N3. The monoisotopic (exact) mass is 289 g/mol.